The first kappa shape index (κ1) is 13.1. The van der Waals surface area contributed by atoms with E-state index in [0.29, 0.717) is 0 Å². The number of rotatable bonds is 3. The molecule has 0 aromatic heterocycles. The number of nitrogens with zero attached hydrogens (tertiary/aromatic N) is 1. The molecule has 0 radical (unpaired) electrons. The zero-order valence-electron chi connectivity index (χ0n) is 12.1. The van der Waals surface area contributed by atoms with Gasteiger partial charge in [0.2, 0.25) is 5.91 Å². The molecule has 0 bridgehead atoms. The van der Waals surface area contributed by atoms with Gasteiger partial charge in [0, 0.05) is 11.1 Å². The highest BCUT2D eigenvalue weighted by atomic mass is 16.5. The first-order valence-corrected chi connectivity index (χ1v) is 7.51. The molecule has 110 valence electrons. The van der Waals surface area contributed by atoms with E-state index in [1.54, 1.807) is 0 Å². The Hall–Kier alpha value is -2.62. The molecule has 1 fully saturated rings. The molecule has 1 heterocycles. The summed E-state index contributed by atoms with van der Waals surface area (Å²) in [7, 11) is 0. The van der Waals surface area contributed by atoms with Crippen molar-refractivity contribution < 1.29 is 9.53 Å². The lowest BCUT2D eigenvalue weighted by Gasteiger charge is -2.15. The maximum Gasteiger partial charge on any atom is 0.246 e. The third kappa shape index (κ3) is 2.48. The number of anilines is 1. The highest BCUT2D eigenvalue weighted by Gasteiger charge is 2.27. The van der Waals surface area contributed by atoms with Gasteiger partial charge < -0.3 is 10.1 Å². The second-order valence-corrected chi connectivity index (χ2v) is 5.57. The summed E-state index contributed by atoms with van der Waals surface area (Å²) in [5.41, 5.74) is 3.48. The first-order valence-electron chi connectivity index (χ1n) is 7.51. The van der Waals surface area contributed by atoms with Gasteiger partial charge in [-0.1, -0.05) is 42.5 Å². The predicted molar refractivity (Wildman–Crippen MR) is 85.7 cm³/mol. The van der Waals surface area contributed by atoms with Crippen LogP contribution >= 0.6 is 0 Å². The van der Waals surface area contributed by atoms with Gasteiger partial charge in [0.1, 0.15) is 12.3 Å². The van der Waals surface area contributed by atoms with Crippen LogP contribution in [0.15, 0.2) is 53.5 Å². The molecule has 4 heteroatoms. The summed E-state index contributed by atoms with van der Waals surface area (Å²) in [6, 6.07) is 15.8. The molecule has 0 unspecified atom stereocenters. The Morgan fingerprint density at radius 1 is 1.05 bits per heavy atom. The van der Waals surface area contributed by atoms with Gasteiger partial charge in [0.05, 0.1) is 17.5 Å². The van der Waals surface area contributed by atoms with Crippen molar-refractivity contribution in [3.05, 3.63) is 59.7 Å². The number of para-hydroxylation sites is 1. The predicted octanol–water partition coefficient (Wildman–Crippen LogP) is 3.02. The third-order valence-electron chi connectivity index (χ3n) is 3.79. The van der Waals surface area contributed by atoms with Crippen molar-refractivity contribution in [3.8, 4) is 5.75 Å². The van der Waals surface area contributed by atoms with Crippen molar-refractivity contribution >= 4 is 17.3 Å². The molecule has 2 aliphatic rings. The van der Waals surface area contributed by atoms with E-state index in [9.17, 15) is 4.79 Å². The lowest BCUT2D eigenvalue weighted by Crippen LogP contribution is -2.14. The van der Waals surface area contributed by atoms with Gasteiger partial charge in [-0.15, -0.1) is 0 Å². The zero-order chi connectivity index (χ0) is 14.9. The third-order valence-corrected chi connectivity index (χ3v) is 3.79. The van der Waals surface area contributed by atoms with Crippen LogP contribution in [-0.4, -0.2) is 24.3 Å². The minimum atomic E-state index is -0.112. The van der Waals surface area contributed by atoms with E-state index < -0.39 is 0 Å². The van der Waals surface area contributed by atoms with E-state index in [2.05, 4.69) is 10.3 Å². The van der Waals surface area contributed by atoms with Crippen molar-refractivity contribution in [1.29, 1.82) is 0 Å². The molecule has 1 aliphatic carbocycles. The van der Waals surface area contributed by atoms with Gasteiger partial charge in [-0.05, 0) is 18.9 Å². The molecule has 1 amide bonds. The van der Waals surface area contributed by atoms with E-state index in [-0.39, 0.29) is 18.6 Å². The fourth-order valence-corrected chi connectivity index (χ4v) is 2.58. The van der Waals surface area contributed by atoms with Gasteiger partial charge in [0.25, 0.3) is 0 Å². The van der Waals surface area contributed by atoms with Crippen LogP contribution in [0.2, 0.25) is 0 Å². The van der Waals surface area contributed by atoms with Gasteiger partial charge >= 0.3 is 0 Å². The zero-order valence-corrected chi connectivity index (χ0v) is 12.1. The van der Waals surface area contributed by atoms with Crippen molar-refractivity contribution in [2.75, 3.05) is 11.9 Å². The first-order chi connectivity index (χ1) is 10.8. The Kier molecular flexibility index (Phi) is 3.15. The van der Waals surface area contributed by atoms with E-state index in [1.807, 2.05) is 48.5 Å². The second kappa shape index (κ2) is 5.30. The molecular weight excluding hydrogens is 276 g/mol. The van der Waals surface area contributed by atoms with Crippen LogP contribution in [0.3, 0.4) is 0 Å². The molecule has 0 atom stereocenters. The van der Waals surface area contributed by atoms with E-state index in [1.165, 1.54) is 0 Å². The molecule has 1 N–H and O–H groups in total. The Morgan fingerprint density at radius 3 is 2.64 bits per heavy atom. The second-order valence-electron chi connectivity index (χ2n) is 5.57. The lowest BCUT2D eigenvalue weighted by atomic mass is 10.0. The summed E-state index contributed by atoms with van der Waals surface area (Å²) < 4.78 is 5.94. The van der Waals surface area contributed by atoms with Gasteiger partial charge in [-0.2, -0.15) is 0 Å². The maximum atomic E-state index is 12.0. The fourth-order valence-electron chi connectivity index (χ4n) is 2.58. The van der Waals surface area contributed by atoms with Crippen molar-refractivity contribution in [3.63, 3.8) is 0 Å². The number of amides is 1. The van der Waals surface area contributed by atoms with Crippen LogP contribution in [0, 0.1) is 0 Å². The number of benzodiazepines with no additional fused rings is 1. The molecule has 4 rings (SSSR count). The highest BCUT2D eigenvalue weighted by Crippen LogP contribution is 2.36. The Balaban J connectivity index is 1.83. The number of ether oxygens (including phenoxy) is 1. The van der Waals surface area contributed by atoms with Crippen molar-refractivity contribution in [2.24, 2.45) is 4.99 Å². The van der Waals surface area contributed by atoms with Gasteiger partial charge in [-0.3, -0.25) is 9.79 Å². The molecule has 0 spiro atoms. The molecule has 22 heavy (non-hydrogen) atoms. The topological polar surface area (TPSA) is 50.7 Å². The fraction of sp³-hybridized carbons (Fsp3) is 0.222. The molecule has 4 nitrogen and oxygen atoms in total. The minimum absolute atomic E-state index is 0.112. The van der Waals surface area contributed by atoms with Gasteiger partial charge in [0.15, 0.2) is 0 Å². The Morgan fingerprint density at radius 2 is 1.86 bits per heavy atom. The van der Waals surface area contributed by atoms with Crippen molar-refractivity contribution in [2.45, 2.75) is 18.9 Å². The number of benzene rings is 2. The van der Waals surface area contributed by atoms with Crippen LogP contribution in [0.1, 0.15) is 24.0 Å². The van der Waals surface area contributed by atoms with E-state index in [4.69, 9.17) is 4.74 Å². The molecule has 2 aromatic carbocycles. The summed E-state index contributed by atoms with van der Waals surface area (Å²) in [6.07, 6.45) is 2.44. The number of nitrogens with one attached hydrogen (secondary N) is 1. The average molecular weight is 292 g/mol. The normalized spacial score (nSPS) is 17.1. The summed E-state index contributed by atoms with van der Waals surface area (Å²) in [5, 5.41) is 2.95. The molecule has 2 aromatic rings. The quantitative estimate of drug-likeness (QED) is 0.945. The number of carbonyl (C=O) groups excluding carboxylic acids is 1. The SMILES string of the molecule is O=C1CN=C(c2ccccc2)c2cccc(OC3CC3)c2N1. The Bertz CT molecular complexity index is 749. The van der Waals surface area contributed by atoms with Crippen LogP contribution < -0.4 is 10.1 Å². The average Bonchev–Trinajstić information content (AvgIpc) is 3.36. The van der Waals surface area contributed by atoms with E-state index in [0.717, 1.165) is 41.1 Å². The molecule has 1 saturated carbocycles. The van der Waals surface area contributed by atoms with Crippen LogP contribution in [0.5, 0.6) is 5.75 Å². The van der Waals surface area contributed by atoms with Crippen molar-refractivity contribution in [1.82, 2.24) is 0 Å². The number of hydrogen-bond acceptors (Lipinski definition) is 3. The van der Waals surface area contributed by atoms with E-state index >= 15 is 0 Å². The summed E-state index contributed by atoms with van der Waals surface area (Å²) in [5.74, 6) is 0.623. The van der Waals surface area contributed by atoms with Gasteiger partial charge in [-0.25, -0.2) is 0 Å². The van der Waals surface area contributed by atoms with Crippen LogP contribution in [-0.2, 0) is 4.79 Å². The smallest absolute Gasteiger partial charge is 0.246 e. The summed E-state index contributed by atoms with van der Waals surface area (Å²) >= 11 is 0. The number of hydrogen-bond donors (Lipinski definition) is 1. The minimum Gasteiger partial charge on any atom is -0.488 e. The largest absolute Gasteiger partial charge is 0.488 e. The molecular formula is C18H16N2O2. The standard InChI is InChI=1S/C18H16N2O2/c21-16-11-19-17(12-5-2-1-3-6-12)14-7-4-8-15(18(14)20-16)22-13-9-10-13/h1-8,13H,9-11H2,(H,20,21). The van der Waals surface area contributed by atoms with Crippen LogP contribution in [0.4, 0.5) is 5.69 Å². The Labute approximate surface area is 128 Å². The summed E-state index contributed by atoms with van der Waals surface area (Å²) in [6.45, 7) is 0.127. The lowest BCUT2D eigenvalue weighted by molar-refractivity contribution is -0.114. The monoisotopic (exact) mass is 292 g/mol. The highest BCUT2D eigenvalue weighted by molar-refractivity contribution is 6.19. The summed E-state index contributed by atoms with van der Waals surface area (Å²) in [4.78, 5) is 16.5. The number of carbonyl (C=O) groups is 1. The molecule has 0 saturated heterocycles. The molecule has 1 aliphatic heterocycles. The number of fused-ring (bicyclic) bond motifs is 1. The number of aliphatic imine (C=N–C) groups is 1. The maximum absolute atomic E-state index is 12.0. The van der Waals surface area contributed by atoms with Crippen LogP contribution in [0.25, 0.3) is 0 Å².